The van der Waals surface area contributed by atoms with Gasteiger partial charge in [0, 0.05) is 19.7 Å². The summed E-state index contributed by atoms with van der Waals surface area (Å²) in [6.07, 6.45) is 1.72. The molecule has 8 heteroatoms. The quantitative estimate of drug-likeness (QED) is 0.663. The highest BCUT2D eigenvalue weighted by Crippen LogP contribution is 2.39. The summed E-state index contributed by atoms with van der Waals surface area (Å²) in [7, 11) is 4.80. The van der Waals surface area contributed by atoms with E-state index in [0.29, 0.717) is 37.7 Å². The number of hydrogen-bond donors (Lipinski definition) is 0. The van der Waals surface area contributed by atoms with Crippen molar-refractivity contribution in [2.75, 3.05) is 21.2 Å². The van der Waals surface area contributed by atoms with Crippen LogP contribution in [0.2, 0.25) is 5.02 Å². The maximum Gasteiger partial charge on any atom is 0.266 e. The molecule has 0 bridgehead atoms. The minimum Gasteiger partial charge on any atom is -0.493 e. The van der Waals surface area contributed by atoms with Crippen molar-refractivity contribution in [3.63, 3.8) is 0 Å². The first-order valence-electron chi connectivity index (χ1n) is 8.32. The molecule has 2 aromatic rings. The van der Waals surface area contributed by atoms with E-state index in [1.165, 1.54) is 29.8 Å². The molecule has 5 nitrogen and oxygen atoms in total. The standard InChI is InChI=1S/C20H18ClFN2O3S/c1-23-20-24(2)19(25)17(28-20)10-12-8-14(21)18(16(9-12)26-3)27-11-13-6-4-5-7-15(13)22/h4-10H,11H2,1-3H3/b17-10+,23-20?. The third-order valence-corrected chi connectivity index (χ3v) is 5.51. The lowest BCUT2D eigenvalue weighted by molar-refractivity contribution is -0.121. The highest BCUT2D eigenvalue weighted by molar-refractivity contribution is 8.18. The van der Waals surface area contributed by atoms with Crippen molar-refractivity contribution in [2.45, 2.75) is 6.61 Å². The van der Waals surface area contributed by atoms with Gasteiger partial charge in [0.25, 0.3) is 5.91 Å². The summed E-state index contributed by atoms with van der Waals surface area (Å²) >= 11 is 7.66. The van der Waals surface area contributed by atoms with Gasteiger partial charge in [0.2, 0.25) is 0 Å². The predicted octanol–water partition coefficient (Wildman–Crippen LogP) is 4.60. The van der Waals surface area contributed by atoms with Crippen molar-refractivity contribution in [1.29, 1.82) is 0 Å². The molecule has 0 spiro atoms. The normalized spacial score (nSPS) is 16.9. The van der Waals surface area contributed by atoms with Crippen LogP contribution in [0.15, 0.2) is 46.3 Å². The first kappa shape index (κ1) is 20.2. The first-order chi connectivity index (χ1) is 13.4. The van der Waals surface area contributed by atoms with Gasteiger partial charge in [-0.1, -0.05) is 29.8 Å². The van der Waals surface area contributed by atoms with E-state index < -0.39 is 0 Å². The average Bonchev–Trinajstić information content (AvgIpc) is 2.95. The van der Waals surface area contributed by atoms with E-state index in [1.54, 1.807) is 50.5 Å². The summed E-state index contributed by atoms with van der Waals surface area (Å²) in [4.78, 5) is 18.4. The van der Waals surface area contributed by atoms with Crippen molar-refractivity contribution in [3.8, 4) is 11.5 Å². The van der Waals surface area contributed by atoms with Crippen LogP contribution in [0.3, 0.4) is 0 Å². The van der Waals surface area contributed by atoms with Gasteiger partial charge < -0.3 is 9.47 Å². The van der Waals surface area contributed by atoms with Gasteiger partial charge in [-0.25, -0.2) is 4.39 Å². The van der Waals surface area contributed by atoms with Crippen LogP contribution in [0, 0.1) is 5.82 Å². The lowest BCUT2D eigenvalue weighted by atomic mass is 10.1. The second kappa shape index (κ2) is 8.67. The molecule has 0 atom stereocenters. The number of thioether (sulfide) groups is 1. The molecule has 0 aromatic heterocycles. The Bertz CT molecular complexity index is 978. The van der Waals surface area contributed by atoms with Crippen LogP contribution in [0.25, 0.3) is 6.08 Å². The number of benzene rings is 2. The van der Waals surface area contributed by atoms with E-state index in [0.717, 1.165) is 0 Å². The van der Waals surface area contributed by atoms with E-state index in [4.69, 9.17) is 21.1 Å². The lowest BCUT2D eigenvalue weighted by Gasteiger charge is -2.14. The van der Waals surface area contributed by atoms with Crippen LogP contribution >= 0.6 is 23.4 Å². The molecule has 1 aliphatic heterocycles. The SMILES string of the molecule is CN=C1S/C(=C/c2cc(Cl)c(OCc3ccccc3F)c(OC)c2)C(=O)N1C. The van der Waals surface area contributed by atoms with Crippen molar-refractivity contribution in [1.82, 2.24) is 4.90 Å². The van der Waals surface area contributed by atoms with Gasteiger partial charge in [0.1, 0.15) is 12.4 Å². The number of nitrogens with zero attached hydrogens (tertiary/aromatic N) is 2. The van der Waals surface area contributed by atoms with Crippen LogP contribution in [-0.2, 0) is 11.4 Å². The molecule has 28 heavy (non-hydrogen) atoms. The number of halogens is 2. The third kappa shape index (κ3) is 4.15. The summed E-state index contributed by atoms with van der Waals surface area (Å²) in [6.45, 7) is 0.0125. The van der Waals surface area contributed by atoms with Gasteiger partial charge in [-0.05, 0) is 41.6 Å². The van der Waals surface area contributed by atoms with Crippen molar-refractivity contribution in [2.24, 2.45) is 4.99 Å². The molecule has 0 unspecified atom stereocenters. The molecule has 146 valence electrons. The Morgan fingerprint density at radius 3 is 2.71 bits per heavy atom. The zero-order chi connectivity index (χ0) is 20.3. The molecule has 1 heterocycles. The van der Waals surface area contributed by atoms with Gasteiger partial charge in [0.15, 0.2) is 16.7 Å². The Morgan fingerprint density at radius 2 is 2.07 bits per heavy atom. The minimum atomic E-state index is -0.353. The number of rotatable bonds is 5. The Morgan fingerprint density at radius 1 is 1.32 bits per heavy atom. The van der Waals surface area contributed by atoms with Gasteiger partial charge in [-0.15, -0.1) is 0 Å². The number of amidine groups is 1. The zero-order valence-corrected chi connectivity index (χ0v) is 17.1. The molecule has 1 amide bonds. The minimum absolute atomic E-state index is 0.0125. The van der Waals surface area contributed by atoms with Crippen LogP contribution in [-0.4, -0.2) is 37.2 Å². The van der Waals surface area contributed by atoms with Crippen molar-refractivity contribution >= 4 is 40.5 Å². The lowest BCUT2D eigenvalue weighted by Crippen LogP contribution is -2.23. The maximum atomic E-state index is 13.8. The van der Waals surface area contributed by atoms with Crippen molar-refractivity contribution in [3.05, 3.63) is 63.3 Å². The second-order valence-electron chi connectivity index (χ2n) is 5.90. The maximum absolute atomic E-state index is 13.8. The van der Waals surface area contributed by atoms with Crippen molar-refractivity contribution < 1.29 is 18.7 Å². The summed E-state index contributed by atoms with van der Waals surface area (Å²) < 4.78 is 24.9. The van der Waals surface area contributed by atoms with E-state index in [1.807, 2.05) is 0 Å². The number of ether oxygens (including phenoxy) is 2. The number of methoxy groups -OCH3 is 1. The Balaban J connectivity index is 1.87. The monoisotopic (exact) mass is 420 g/mol. The summed E-state index contributed by atoms with van der Waals surface area (Å²) in [5.74, 6) is 0.213. The highest BCUT2D eigenvalue weighted by atomic mass is 35.5. The number of carbonyl (C=O) groups is 1. The van der Waals surface area contributed by atoms with E-state index in [2.05, 4.69) is 4.99 Å². The summed E-state index contributed by atoms with van der Waals surface area (Å²) in [6, 6.07) is 9.74. The zero-order valence-electron chi connectivity index (χ0n) is 15.5. The molecule has 3 rings (SSSR count). The molecule has 1 aliphatic rings. The predicted molar refractivity (Wildman–Crippen MR) is 110 cm³/mol. The molecule has 1 fully saturated rings. The summed E-state index contributed by atoms with van der Waals surface area (Å²) in [5.41, 5.74) is 1.09. The fourth-order valence-electron chi connectivity index (χ4n) is 2.63. The first-order valence-corrected chi connectivity index (χ1v) is 9.52. The van der Waals surface area contributed by atoms with E-state index in [9.17, 15) is 9.18 Å². The molecular weight excluding hydrogens is 403 g/mol. The smallest absolute Gasteiger partial charge is 0.266 e. The number of carbonyl (C=O) groups excluding carboxylic acids is 1. The topological polar surface area (TPSA) is 51.1 Å². The highest BCUT2D eigenvalue weighted by Gasteiger charge is 2.29. The van der Waals surface area contributed by atoms with E-state index >= 15 is 0 Å². The van der Waals surface area contributed by atoms with Gasteiger partial charge >= 0.3 is 0 Å². The van der Waals surface area contributed by atoms with Crippen LogP contribution in [0.5, 0.6) is 11.5 Å². The molecule has 2 aromatic carbocycles. The van der Waals surface area contributed by atoms with Gasteiger partial charge in [0.05, 0.1) is 17.0 Å². The van der Waals surface area contributed by atoms with E-state index in [-0.39, 0.29) is 18.3 Å². The molecule has 0 saturated carbocycles. The molecule has 0 radical (unpaired) electrons. The van der Waals surface area contributed by atoms with Crippen LogP contribution in [0.1, 0.15) is 11.1 Å². The third-order valence-electron chi connectivity index (χ3n) is 4.07. The van der Waals surface area contributed by atoms with Gasteiger partial charge in [-0.3, -0.25) is 14.7 Å². The average molecular weight is 421 g/mol. The Hall–Kier alpha value is -2.51. The molecule has 0 N–H and O–H groups in total. The fourth-order valence-corrected chi connectivity index (χ4v) is 3.83. The second-order valence-corrected chi connectivity index (χ2v) is 7.31. The Kier molecular flexibility index (Phi) is 6.26. The van der Waals surface area contributed by atoms with Crippen LogP contribution in [0.4, 0.5) is 4.39 Å². The fraction of sp³-hybridized carbons (Fsp3) is 0.200. The van der Waals surface area contributed by atoms with Gasteiger partial charge in [-0.2, -0.15) is 0 Å². The Labute approximate surface area is 171 Å². The number of amides is 1. The number of likely N-dealkylation sites (N-methyl/N-ethyl adjacent to an activating group) is 1. The number of hydrogen-bond acceptors (Lipinski definition) is 5. The largest absolute Gasteiger partial charge is 0.493 e. The molecule has 1 saturated heterocycles. The molecule has 0 aliphatic carbocycles. The molecular formula is C20H18ClFN2O3S. The number of aliphatic imine (C=N–C) groups is 1. The van der Waals surface area contributed by atoms with Crippen LogP contribution < -0.4 is 9.47 Å². The summed E-state index contributed by atoms with van der Waals surface area (Å²) in [5, 5.41) is 0.926.